The molecule has 1 fully saturated rings. The molecule has 0 bridgehead atoms. The SMILES string of the molecule is O=C1NC(=S)N/C1=C\C=C\c1ccccc1. The van der Waals surface area contributed by atoms with Gasteiger partial charge in [0.2, 0.25) is 0 Å². The molecule has 0 saturated carbocycles. The molecule has 0 aliphatic carbocycles. The van der Waals surface area contributed by atoms with Gasteiger partial charge < -0.3 is 5.32 Å². The first-order valence-electron chi connectivity index (χ1n) is 4.81. The van der Waals surface area contributed by atoms with Gasteiger partial charge in [0, 0.05) is 0 Å². The number of thiocarbonyl (C=S) groups is 1. The molecule has 1 saturated heterocycles. The van der Waals surface area contributed by atoms with Crippen LogP contribution in [-0.4, -0.2) is 11.0 Å². The molecule has 1 aromatic carbocycles. The molecule has 0 aromatic heterocycles. The highest BCUT2D eigenvalue weighted by molar-refractivity contribution is 7.80. The van der Waals surface area contributed by atoms with Crippen LogP contribution in [0.4, 0.5) is 0 Å². The first-order valence-corrected chi connectivity index (χ1v) is 5.22. The van der Waals surface area contributed by atoms with Gasteiger partial charge in [-0.25, -0.2) is 0 Å². The summed E-state index contributed by atoms with van der Waals surface area (Å²) in [6.07, 6.45) is 5.43. The van der Waals surface area contributed by atoms with E-state index in [1.165, 1.54) is 0 Å². The Bertz CT molecular complexity index is 477. The maximum Gasteiger partial charge on any atom is 0.273 e. The van der Waals surface area contributed by atoms with Gasteiger partial charge in [0.25, 0.3) is 5.91 Å². The van der Waals surface area contributed by atoms with E-state index in [2.05, 4.69) is 10.6 Å². The molecule has 1 heterocycles. The van der Waals surface area contributed by atoms with Gasteiger partial charge >= 0.3 is 0 Å². The van der Waals surface area contributed by atoms with Crippen LogP contribution in [-0.2, 0) is 4.79 Å². The lowest BCUT2D eigenvalue weighted by molar-refractivity contribution is -0.115. The smallest absolute Gasteiger partial charge is 0.273 e. The van der Waals surface area contributed by atoms with Gasteiger partial charge in [-0.15, -0.1) is 0 Å². The van der Waals surface area contributed by atoms with E-state index in [9.17, 15) is 4.79 Å². The zero-order valence-electron chi connectivity index (χ0n) is 8.44. The van der Waals surface area contributed by atoms with Gasteiger partial charge in [-0.05, 0) is 23.9 Å². The first-order chi connectivity index (χ1) is 7.75. The maximum absolute atomic E-state index is 11.3. The molecule has 1 amide bonds. The van der Waals surface area contributed by atoms with Crippen molar-refractivity contribution in [1.82, 2.24) is 10.6 Å². The zero-order valence-corrected chi connectivity index (χ0v) is 9.25. The van der Waals surface area contributed by atoms with E-state index in [1.807, 2.05) is 42.5 Å². The van der Waals surface area contributed by atoms with E-state index in [1.54, 1.807) is 6.08 Å². The number of hydrogen-bond donors (Lipinski definition) is 2. The minimum absolute atomic E-state index is 0.192. The third-order valence-corrected chi connectivity index (χ3v) is 2.28. The van der Waals surface area contributed by atoms with E-state index in [-0.39, 0.29) is 5.91 Å². The van der Waals surface area contributed by atoms with Crippen LogP contribution in [0.1, 0.15) is 5.56 Å². The summed E-state index contributed by atoms with van der Waals surface area (Å²) < 4.78 is 0. The number of rotatable bonds is 2. The van der Waals surface area contributed by atoms with Crippen molar-refractivity contribution >= 4 is 29.3 Å². The highest BCUT2D eigenvalue weighted by atomic mass is 32.1. The molecule has 0 unspecified atom stereocenters. The van der Waals surface area contributed by atoms with Crippen LogP contribution in [0.2, 0.25) is 0 Å². The van der Waals surface area contributed by atoms with Crippen molar-refractivity contribution in [2.75, 3.05) is 0 Å². The number of carbonyl (C=O) groups excluding carboxylic acids is 1. The Hall–Kier alpha value is -1.94. The number of allylic oxidation sites excluding steroid dienone is 2. The summed E-state index contributed by atoms with van der Waals surface area (Å²) in [6.45, 7) is 0. The second kappa shape index (κ2) is 4.72. The quantitative estimate of drug-likeness (QED) is 0.599. The molecule has 80 valence electrons. The van der Waals surface area contributed by atoms with E-state index < -0.39 is 0 Å². The summed E-state index contributed by atoms with van der Waals surface area (Å²) in [4.78, 5) is 11.3. The molecule has 16 heavy (non-hydrogen) atoms. The predicted octanol–water partition coefficient (Wildman–Crippen LogP) is 1.59. The lowest BCUT2D eigenvalue weighted by Crippen LogP contribution is -2.21. The molecule has 0 atom stereocenters. The van der Waals surface area contributed by atoms with E-state index in [0.717, 1.165) is 5.56 Å². The number of benzene rings is 1. The normalized spacial score (nSPS) is 17.9. The van der Waals surface area contributed by atoms with Crippen molar-refractivity contribution in [3.05, 3.63) is 53.7 Å². The minimum atomic E-state index is -0.192. The van der Waals surface area contributed by atoms with Crippen LogP contribution in [0.15, 0.2) is 48.2 Å². The maximum atomic E-state index is 11.3. The number of carbonyl (C=O) groups is 1. The highest BCUT2D eigenvalue weighted by Crippen LogP contribution is 2.03. The fourth-order valence-electron chi connectivity index (χ4n) is 1.32. The average molecular weight is 230 g/mol. The van der Waals surface area contributed by atoms with Gasteiger partial charge in [0.15, 0.2) is 5.11 Å². The van der Waals surface area contributed by atoms with Crippen molar-refractivity contribution in [3.63, 3.8) is 0 Å². The van der Waals surface area contributed by atoms with Gasteiger partial charge in [-0.3, -0.25) is 10.1 Å². The van der Waals surface area contributed by atoms with Crippen molar-refractivity contribution in [2.24, 2.45) is 0 Å². The summed E-state index contributed by atoms with van der Waals surface area (Å²) in [5.74, 6) is -0.192. The van der Waals surface area contributed by atoms with Crippen molar-refractivity contribution < 1.29 is 4.79 Å². The first kappa shape index (κ1) is 10.6. The highest BCUT2D eigenvalue weighted by Gasteiger charge is 2.18. The standard InChI is InChI=1S/C12H10N2OS/c15-11-10(13-12(16)14-11)8-4-7-9-5-2-1-3-6-9/h1-8H,(H2,13,14,15,16)/b7-4+,10-8-. The van der Waals surface area contributed by atoms with Gasteiger partial charge in [0.1, 0.15) is 5.70 Å². The molecule has 1 aromatic rings. The summed E-state index contributed by atoms with van der Waals surface area (Å²) in [5, 5.41) is 5.62. The number of amides is 1. The lowest BCUT2D eigenvalue weighted by atomic mass is 10.2. The summed E-state index contributed by atoms with van der Waals surface area (Å²) in [6, 6.07) is 9.86. The molecule has 2 rings (SSSR count). The fourth-order valence-corrected chi connectivity index (χ4v) is 1.52. The molecule has 3 nitrogen and oxygen atoms in total. The number of nitrogens with one attached hydrogen (secondary N) is 2. The largest absolute Gasteiger partial charge is 0.328 e. The third kappa shape index (κ3) is 2.55. The van der Waals surface area contributed by atoms with Crippen LogP contribution in [0.5, 0.6) is 0 Å². The van der Waals surface area contributed by atoms with E-state index in [4.69, 9.17) is 12.2 Å². The molecule has 1 aliphatic rings. The van der Waals surface area contributed by atoms with Crippen LogP contribution < -0.4 is 10.6 Å². The molecule has 0 spiro atoms. The zero-order chi connectivity index (χ0) is 11.4. The Balaban J connectivity index is 2.07. The Kier molecular flexibility index (Phi) is 3.12. The van der Waals surface area contributed by atoms with Crippen molar-refractivity contribution in [3.8, 4) is 0 Å². The molecule has 2 N–H and O–H groups in total. The van der Waals surface area contributed by atoms with Crippen molar-refractivity contribution in [2.45, 2.75) is 0 Å². The number of hydrogen-bond acceptors (Lipinski definition) is 2. The summed E-state index contributed by atoms with van der Waals surface area (Å²) in [7, 11) is 0. The second-order valence-electron chi connectivity index (χ2n) is 3.26. The lowest BCUT2D eigenvalue weighted by Gasteiger charge is -1.91. The third-order valence-electron chi connectivity index (χ3n) is 2.07. The molecule has 4 heteroatoms. The topological polar surface area (TPSA) is 41.1 Å². The van der Waals surface area contributed by atoms with Crippen molar-refractivity contribution in [1.29, 1.82) is 0 Å². The minimum Gasteiger partial charge on any atom is -0.328 e. The van der Waals surface area contributed by atoms with Crippen LogP contribution >= 0.6 is 12.2 Å². The van der Waals surface area contributed by atoms with Crippen LogP contribution in [0, 0.1) is 0 Å². The monoisotopic (exact) mass is 230 g/mol. The molecular weight excluding hydrogens is 220 g/mol. The van der Waals surface area contributed by atoms with Gasteiger partial charge in [-0.1, -0.05) is 42.5 Å². The predicted molar refractivity (Wildman–Crippen MR) is 67.4 cm³/mol. The molecular formula is C12H10N2OS. The summed E-state index contributed by atoms with van der Waals surface area (Å²) >= 11 is 4.81. The van der Waals surface area contributed by atoms with Crippen LogP contribution in [0.25, 0.3) is 6.08 Å². The fraction of sp³-hybridized carbons (Fsp3) is 0. The molecule has 0 radical (unpaired) electrons. The van der Waals surface area contributed by atoms with Gasteiger partial charge in [0.05, 0.1) is 0 Å². The Morgan fingerprint density at radius 3 is 2.50 bits per heavy atom. The molecule has 1 aliphatic heterocycles. The van der Waals surface area contributed by atoms with E-state index in [0.29, 0.717) is 10.8 Å². The Labute approximate surface area is 98.9 Å². The van der Waals surface area contributed by atoms with E-state index >= 15 is 0 Å². The average Bonchev–Trinajstić information content (AvgIpc) is 2.59. The van der Waals surface area contributed by atoms with Crippen LogP contribution in [0.3, 0.4) is 0 Å². The Morgan fingerprint density at radius 2 is 1.88 bits per heavy atom. The second-order valence-corrected chi connectivity index (χ2v) is 3.67. The summed E-state index contributed by atoms with van der Waals surface area (Å²) in [5.41, 5.74) is 1.55. The van der Waals surface area contributed by atoms with Gasteiger partial charge in [-0.2, -0.15) is 0 Å². The Morgan fingerprint density at radius 1 is 1.12 bits per heavy atom.